The highest BCUT2D eigenvalue weighted by Crippen LogP contribution is 2.29. The first-order valence-electron chi connectivity index (χ1n) is 8.95. The molecule has 0 N–H and O–H groups in total. The number of ether oxygens (including phenoxy) is 1. The lowest BCUT2D eigenvalue weighted by Gasteiger charge is -2.32. The summed E-state index contributed by atoms with van der Waals surface area (Å²) in [5.41, 5.74) is 3.64. The van der Waals surface area contributed by atoms with Gasteiger partial charge in [-0.15, -0.1) is 0 Å². The second-order valence-corrected chi connectivity index (χ2v) is 7.84. The van der Waals surface area contributed by atoms with E-state index in [1.165, 1.54) is 17.3 Å². The highest BCUT2D eigenvalue weighted by atomic mass is 35.5. The minimum Gasteiger partial charge on any atom is -0.496 e. The summed E-state index contributed by atoms with van der Waals surface area (Å²) in [6.07, 6.45) is 1.89. The van der Waals surface area contributed by atoms with Crippen LogP contribution in [0.3, 0.4) is 0 Å². The third-order valence-electron chi connectivity index (χ3n) is 5.03. The first-order valence-corrected chi connectivity index (χ1v) is 10.1. The summed E-state index contributed by atoms with van der Waals surface area (Å²) in [5.74, 6) is 0.650. The van der Waals surface area contributed by atoms with Crippen LogP contribution in [-0.4, -0.2) is 39.6 Å². The molecule has 140 valence electrons. The van der Waals surface area contributed by atoms with Gasteiger partial charge in [0.15, 0.2) is 5.78 Å². The summed E-state index contributed by atoms with van der Waals surface area (Å²) in [7, 11) is 1.58. The van der Waals surface area contributed by atoms with Crippen molar-refractivity contribution in [1.82, 2.24) is 13.6 Å². The molecule has 5 nitrogen and oxygen atoms in total. The third kappa shape index (κ3) is 3.98. The smallest absolute Gasteiger partial charge is 0.170 e. The van der Waals surface area contributed by atoms with Crippen LogP contribution in [-0.2, 0) is 6.54 Å². The monoisotopic (exact) mass is 401 g/mol. The maximum atomic E-state index is 13.1. The molecule has 0 bridgehead atoms. The van der Waals surface area contributed by atoms with Gasteiger partial charge in [-0.3, -0.25) is 9.69 Å². The molecule has 2 aromatic carbocycles. The summed E-state index contributed by atoms with van der Waals surface area (Å²) in [5, 5.41) is 0.553. The van der Waals surface area contributed by atoms with Gasteiger partial charge in [0.05, 0.1) is 24.4 Å². The molecule has 1 saturated heterocycles. The molecule has 1 aromatic heterocycles. The Kier molecular flexibility index (Phi) is 5.38. The standard InChI is InChI=1S/C20H20ClN3O2S/c1-26-19-7-5-15(21)10-16(19)20(25)14-3-2-8-24(12-14)11-13-4-6-17-18(9-13)23-27-22-17/h4-7,9-10,14H,2-3,8,11-12H2,1H3. The lowest BCUT2D eigenvalue weighted by molar-refractivity contribution is 0.0808. The van der Waals surface area contributed by atoms with Gasteiger partial charge in [-0.05, 0) is 55.3 Å². The molecule has 2 heterocycles. The second kappa shape index (κ2) is 7.92. The third-order valence-corrected chi connectivity index (χ3v) is 5.82. The number of nitrogens with zero attached hydrogens (tertiary/aromatic N) is 3. The molecule has 0 radical (unpaired) electrons. The number of rotatable bonds is 5. The molecular formula is C20H20ClN3O2S. The summed E-state index contributed by atoms with van der Waals surface area (Å²) in [6.45, 7) is 2.54. The largest absolute Gasteiger partial charge is 0.496 e. The van der Waals surface area contributed by atoms with Crippen molar-refractivity contribution in [3.8, 4) is 5.75 Å². The first kappa shape index (κ1) is 18.3. The van der Waals surface area contributed by atoms with E-state index in [9.17, 15) is 4.79 Å². The SMILES string of the molecule is COc1ccc(Cl)cc1C(=O)C1CCCN(Cc2ccc3nsnc3c2)C1. The predicted molar refractivity (Wildman–Crippen MR) is 108 cm³/mol. The molecule has 1 fully saturated rings. The molecule has 0 saturated carbocycles. The number of carbonyl (C=O) groups excluding carboxylic acids is 1. The maximum absolute atomic E-state index is 13.1. The van der Waals surface area contributed by atoms with E-state index in [1.807, 2.05) is 6.07 Å². The Morgan fingerprint density at radius 1 is 1.26 bits per heavy atom. The van der Waals surface area contributed by atoms with Gasteiger partial charge in [-0.1, -0.05) is 17.7 Å². The number of hydrogen-bond acceptors (Lipinski definition) is 6. The molecule has 0 spiro atoms. The Hall–Kier alpha value is -2.02. The number of carbonyl (C=O) groups is 1. The zero-order valence-corrected chi connectivity index (χ0v) is 16.6. The van der Waals surface area contributed by atoms with Crippen molar-refractivity contribution >= 4 is 40.1 Å². The molecule has 3 aromatic rings. The molecule has 1 aliphatic rings. The minimum absolute atomic E-state index is 0.0456. The summed E-state index contributed by atoms with van der Waals surface area (Å²) >= 11 is 7.34. The van der Waals surface area contributed by atoms with Crippen molar-refractivity contribution in [2.24, 2.45) is 5.92 Å². The fourth-order valence-corrected chi connectivity index (χ4v) is 4.38. The van der Waals surface area contributed by atoms with E-state index in [1.54, 1.807) is 25.3 Å². The molecule has 0 aliphatic carbocycles. The van der Waals surface area contributed by atoms with E-state index in [0.717, 1.165) is 43.5 Å². The van der Waals surface area contributed by atoms with Gasteiger partial charge in [0, 0.05) is 24.0 Å². The molecular weight excluding hydrogens is 382 g/mol. The predicted octanol–water partition coefficient (Wildman–Crippen LogP) is 4.45. The Bertz CT molecular complexity index is 975. The van der Waals surface area contributed by atoms with Gasteiger partial charge >= 0.3 is 0 Å². The van der Waals surface area contributed by atoms with E-state index >= 15 is 0 Å². The first-order chi connectivity index (χ1) is 13.1. The number of hydrogen-bond donors (Lipinski definition) is 0. The Labute approximate surface area is 167 Å². The van der Waals surface area contributed by atoms with Crippen LogP contribution in [0.2, 0.25) is 5.02 Å². The highest BCUT2D eigenvalue weighted by molar-refractivity contribution is 7.00. The number of benzene rings is 2. The van der Waals surface area contributed by atoms with E-state index in [2.05, 4.69) is 25.8 Å². The fraction of sp³-hybridized carbons (Fsp3) is 0.350. The van der Waals surface area contributed by atoms with Crippen LogP contribution in [0.25, 0.3) is 11.0 Å². The van der Waals surface area contributed by atoms with Crippen LogP contribution >= 0.6 is 23.3 Å². The molecule has 1 atom stereocenters. The van der Waals surface area contributed by atoms with E-state index < -0.39 is 0 Å². The van der Waals surface area contributed by atoms with Gasteiger partial charge in [-0.2, -0.15) is 8.75 Å². The second-order valence-electron chi connectivity index (χ2n) is 6.87. The van der Waals surface area contributed by atoms with E-state index in [4.69, 9.17) is 16.3 Å². The number of piperidine rings is 1. The lowest BCUT2D eigenvalue weighted by atomic mass is 9.89. The molecule has 1 unspecified atom stereocenters. The zero-order valence-electron chi connectivity index (χ0n) is 15.0. The molecule has 7 heteroatoms. The normalized spacial score (nSPS) is 17.9. The Morgan fingerprint density at radius 2 is 2.11 bits per heavy atom. The van der Waals surface area contributed by atoms with Crippen molar-refractivity contribution in [3.05, 3.63) is 52.5 Å². The van der Waals surface area contributed by atoms with Gasteiger partial charge in [0.25, 0.3) is 0 Å². The van der Waals surface area contributed by atoms with Gasteiger partial charge in [0.2, 0.25) is 0 Å². The average molecular weight is 402 g/mol. The summed E-state index contributed by atoms with van der Waals surface area (Å²) in [6, 6.07) is 11.4. The van der Waals surface area contributed by atoms with Crippen molar-refractivity contribution < 1.29 is 9.53 Å². The average Bonchev–Trinajstić information content (AvgIpc) is 3.15. The quantitative estimate of drug-likeness (QED) is 0.591. The topological polar surface area (TPSA) is 55.3 Å². The number of Topliss-reactive ketones (excluding diaryl/α,β-unsaturated/α-hetero) is 1. The zero-order chi connectivity index (χ0) is 18.8. The van der Waals surface area contributed by atoms with Crippen molar-refractivity contribution in [3.63, 3.8) is 0 Å². The van der Waals surface area contributed by atoms with Crippen LogP contribution < -0.4 is 4.74 Å². The Balaban J connectivity index is 1.49. The number of ketones is 1. The number of halogens is 1. The van der Waals surface area contributed by atoms with Crippen LogP contribution in [0.1, 0.15) is 28.8 Å². The Morgan fingerprint density at radius 3 is 2.96 bits per heavy atom. The van der Waals surface area contributed by atoms with Crippen LogP contribution in [0, 0.1) is 5.92 Å². The van der Waals surface area contributed by atoms with Crippen molar-refractivity contribution in [2.75, 3.05) is 20.2 Å². The van der Waals surface area contributed by atoms with Crippen LogP contribution in [0.4, 0.5) is 0 Å². The molecule has 1 aliphatic heterocycles. The van der Waals surface area contributed by atoms with Crippen LogP contribution in [0.15, 0.2) is 36.4 Å². The minimum atomic E-state index is -0.0456. The van der Waals surface area contributed by atoms with Gasteiger partial charge in [0.1, 0.15) is 16.8 Å². The lowest BCUT2D eigenvalue weighted by Crippen LogP contribution is -2.38. The van der Waals surface area contributed by atoms with E-state index in [0.29, 0.717) is 16.3 Å². The number of aromatic nitrogens is 2. The number of likely N-dealkylation sites (tertiary alicyclic amines) is 1. The summed E-state index contributed by atoms with van der Waals surface area (Å²) < 4.78 is 13.9. The molecule has 4 rings (SSSR count). The molecule has 0 amide bonds. The summed E-state index contributed by atoms with van der Waals surface area (Å²) in [4.78, 5) is 15.4. The van der Waals surface area contributed by atoms with Crippen LogP contribution in [0.5, 0.6) is 5.75 Å². The fourth-order valence-electron chi connectivity index (χ4n) is 3.69. The van der Waals surface area contributed by atoms with E-state index in [-0.39, 0.29) is 11.7 Å². The molecule has 27 heavy (non-hydrogen) atoms. The maximum Gasteiger partial charge on any atom is 0.170 e. The number of fused-ring (bicyclic) bond motifs is 1. The number of methoxy groups -OCH3 is 1. The highest BCUT2D eigenvalue weighted by Gasteiger charge is 2.28. The van der Waals surface area contributed by atoms with Crippen molar-refractivity contribution in [2.45, 2.75) is 19.4 Å². The van der Waals surface area contributed by atoms with Crippen molar-refractivity contribution in [1.29, 1.82) is 0 Å². The van der Waals surface area contributed by atoms with Gasteiger partial charge in [-0.25, -0.2) is 0 Å². The van der Waals surface area contributed by atoms with Gasteiger partial charge < -0.3 is 4.74 Å².